The fraction of sp³-hybridized carbons (Fsp3) is 0.385. The fourth-order valence-electron chi connectivity index (χ4n) is 1.82. The summed E-state index contributed by atoms with van der Waals surface area (Å²) in [5, 5.41) is 9.35. The van der Waals surface area contributed by atoms with Crippen LogP contribution in [0.4, 0.5) is 0 Å². The summed E-state index contributed by atoms with van der Waals surface area (Å²) in [7, 11) is 2.93. The molecule has 0 saturated heterocycles. The monoisotopic (exact) mass is 267 g/mol. The first kappa shape index (κ1) is 14.8. The molecule has 1 N–H and O–H groups in total. The van der Waals surface area contributed by atoms with Gasteiger partial charge in [0.25, 0.3) is 0 Å². The van der Waals surface area contributed by atoms with Gasteiger partial charge in [0.15, 0.2) is 6.04 Å². The maximum Gasteiger partial charge on any atom is 0.331 e. The van der Waals surface area contributed by atoms with Gasteiger partial charge in [-0.2, -0.15) is 0 Å². The lowest BCUT2D eigenvalue weighted by Gasteiger charge is -2.25. The molecule has 0 spiro atoms. The number of methoxy groups -OCH3 is 2. The highest BCUT2D eigenvalue weighted by Crippen LogP contribution is 2.32. The van der Waals surface area contributed by atoms with Crippen molar-refractivity contribution in [1.82, 2.24) is 4.90 Å². The Morgan fingerprint density at radius 2 is 2.11 bits per heavy atom. The third-order valence-electron chi connectivity index (χ3n) is 2.80. The standard InChI is InChI=1S/C13H17NO5/c1-4-14(8-15)12(13(16)17)10-7-9(18-2)5-6-11(10)19-3/h5-8,12H,4H2,1-3H3,(H,16,17). The number of ether oxygens (including phenoxy) is 2. The lowest BCUT2D eigenvalue weighted by atomic mass is 10.0. The molecule has 0 aliphatic heterocycles. The number of carboxylic acid groups (broad SMARTS) is 1. The number of benzene rings is 1. The molecule has 6 nitrogen and oxygen atoms in total. The zero-order valence-corrected chi connectivity index (χ0v) is 11.1. The summed E-state index contributed by atoms with van der Waals surface area (Å²) in [4.78, 5) is 23.6. The van der Waals surface area contributed by atoms with Crippen molar-refractivity contribution in [3.05, 3.63) is 23.8 Å². The number of carbonyl (C=O) groups is 2. The molecule has 0 aromatic heterocycles. The lowest BCUT2D eigenvalue weighted by Crippen LogP contribution is -2.33. The smallest absolute Gasteiger partial charge is 0.331 e. The van der Waals surface area contributed by atoms with E-state index in [1.54, 1.807) is 25.1 Å². The Kier molecular flexibility index (Phi) is 5.17. The van der Waals surface area contributed by atoms with Crippen molar-refractivity contribution in [3.8, 4) is 11.5 Å². The molecule has 1 amide bonds. The van der Waals surface area contributed by atoms with Crippen molar-refractivity contribution < 1.29 is 24.2 Å². The Hall–Kier alpha value is -2.24. The van der Waals surface area contributed by atoms with Crippen molar-refractivity contribution in [3.63, 3.8) is 0 Å². The zero-order chi connectivity index (χ0) is 14.4. The maximum absolute atomic E-state index is 11.4. The molecule has 0 aliphatic rings. The number of carbonyl (C=O) groups excluding carboxylic acids is 1. The summed E-state index contributed by atoms with van der Waals surface area (Å²) in [6, 6.07) is 3.73. The van der Waals surface area contributed by atoms with Crippen LogP contribution >= 0.6 is 0 Å². The summed E-state index contributed by atoms with van der Waals surface area (Å²) >= 11 is 0. The second-order valence-electron chi connectivity index (χ2n) is 3.78. The van der Waals surface area contributed by atoms with Crippen LogP contribution in [0.1, 0.15) is 18.5 Å². The topological polar surface area (TPSA) is 76.1 Å². The van der Waals surface area contributed by atoms with Crippen molar-refractivity contribution >= 4 is 12.4 Å². The van der Waals surface area contributed by atoms with E-state index < -0.39 is 12.0 Å². The molecule has 1 rings (SSSR count). The van der Waals surface area contributed by atoms with Crippen LogP contribution in [0.5, 0.6) is 11.5 Å². The molecule has 1 unspecified atom stereocenters. The molecular formula is C13H17NO5. The molecule has 0 bridgehead atoms. The van der Waals surface area contributed by atoms with Crippen LogP contribution in [0, 0.1) is 0 Å². The third-order valence-corrected chi connectivity index (χ3v) is 2.80. The molecule has 1 aromatic rings. The average Bonchev–Trinajstić information content (AvgIpc) is 2.43. The van der Waals surface area contributed by atoms with E-state index in [9.17, 15) is 14.7 Å². The van der Waals surface area contributed by atoms with E-state index in [2.05, 4.69) is 0 Å². The van der Waals surface area contributed by atoms with Crippen LogP contribution in [-0.2, 0) is 9.59 Å². The van der Waals surface area contributed by atoms with Crippen LogP contribution in [-0.4, -0.2) is 43.2 Å². The highest BCUT2D eigenvalue weighted by atomic mass is 16.5. The van der Waals surface area contributed by atoms with Crippen LogP contribution < -0.4 is 9.47 Å². The molecule has 0 saturated carbocycles. The van der Waals surface area contributed by atoms with Gasteiger partial charge in [-0.3, -0.25) is 4.79 Å². The molecule has 1 aromatic carbocycles. The van der Waals surface area contributed by atoms with Gasteiger partial charge >= 0.3 is 5.97 Å². The van der Waals surface area contributed by atoms with Gasteiger partial charge in [0.2, 0.25) is 6.41 Å². The molecule has 0 fully saturated rings. The molecule has 104 valence electrons. The Labute approximate surface area is 111 Å². The van der Waals surface area contributed by atoms with E-state index >= 15 is 0 Å². The average molecular weight is 267 g/mol. The van der Waals surface area contributed by atoms with E-state index in [4.69, 9.17) is 9.47 Å². The molecule has 0 heterocycles. The minimum atomic E-state index is -1.12. The van der Waals surface area contributed by atoms with Crippen LogP contribution in [0.2, 0.25) is 0 Å². The van der Waals surface area contributed by atoms with E-state index in [0.717, 1.165) is 0 Å². The van der Waals surface area contributed by atoms with Crippen molar-refractivity contribution in [2.45, 2.75) is 13.0 Å². The normalized spacial score (nSPS) is 11.5. The Balaban J connectivity index is 3.35. The molecule has 1 atom stereocenters. The van der Waals surface area contributed by atoms with Gasteiger partial charge in [0.1, 0.15) is 11.5 Å². The quantitative estimate of drug-likeness (QED) is 0.754. The van der Waals surface area contributed by atoms with Crippen molar-refractivity contribution in [1.29, 1.82) is 0 Å². The number of amides is 1. The third kappa shape index (κ3) is 3.15. The Morgan fingerprint density at radius 3 is 2.53 bits per heavy atom. The summed E-state index contributed by atoms with van der Waals surface area (Å²) in [6.07, 6.45) is 0.512. The Bertz CT molecular complexity index is 460. The first-order chi connectivity index (χ1) is 9.08. The number of aliphatic carboxylic acids is 1. The molecule has 19 heavy (non-hydrogen) atoms. The van der Waals surface area contributed by atoms with Gasteiger partial charge in [0.05, 0.1) is 14.2 Å². The molecule has 0 aliphatic carbocycles. The number of carboxylic acids is 1. The van der Waals surface area contributed by atoms with E-state index in [-0.39, 0.29) is 6.54 Å². The van der Waals surface area contributed by atoms with Crippen LogP contribution in [0.3, 0.4) is 0 Å². The largest absolute Gasteiger partial charge is 0.497 e. The lowest BCUT2D eigenvalue weighted by molar-refractivity contribution is -0.146. The fourth-order valence-corrected chi connectivity index (χ4v) is 1.82. The van der Waals surface area contributed by atoms with Crippen LogP contribution in [0.25, 0.3) is 0 Å². The predicted molar refractivity (Wildman–Crippen MR) is 68.4 cm³/mol. The van der Waals surface area contributed by atoms with Gasteiger partial charge in [-0.25, -0.2) is 4.79 Å². The SMILES string of the molecule is CCN(C=O)C(C(=O)O)c1cc(OC)ccc1OC. The van der Waals surface area contributed by atoms with Crippen molar-refractivity contribution in [2.75, 3.05) is 20.8 Å². The number of nitrogens with zero attached hydrogens (tertiary/aromatic N) is 1. The van der Waals surface area contributed by atoms with Gasteiger partial charge in [-0.1, -0.05) is 0 Å². The van der Waals surface area contributed by atoms with Gasteiger partial charge in [-0.15, -0.1) is 0 Å². The molecule has 0 radical (unpaired) electrons. The summed E-state index contributed by atoms with van der Waals surface area (Å²) in [6.45, 7) is 1.98. The van der Waals surface area contributed by atoms with E-state index in [0.29, 0.717) is 23.5 Å². The summed E-state index contributed by atoms with van der Waals surface area (Å²) < 4.78 is 10.2. The number of hydrogen-bond donors (Lipinski definition) is 1. The van der Waals surface area contributed by atoms with Gasteiger partial charge in [-0.05, 0) is 25.1 Å². The Morgan fingerprint density at radius 1 is 1.42 bits per heavy atom. The van der Waals surface area contributed by atoms with Gasteiger partial charge < -0.3 is 19.5 Å². The zero-order valence-electron chi connectivity index (χ0n) is 11.1. The second-order valence-corrected chi connectivity index (χ2v) is 3.78. The van der Waals surface area contributed by atoms with Crippen molar-refractivity contribution in [2.24, 2.45) is 0 Å². The molecule has 6 heteroatoms. The number of rotatable bonds is 7. The van der Waals surface area contributed by atoms with E-state index in [1.807, 2.05) is 0 Å². The number of likely N-dealkylation sites (N-methyl/N-ethyl adjacent to an activating group) is 1. The number of hydrogen-bond acceptors (Lipinski definition) is 4. The van der Waals surface area contributed by atoms with Crippen LogP contribution in [0.15, 0.2) is 18.2 Å². The predicted octanol–water partition coefficient (Wildman–Crippen LogP) is 1.31. The summed E-state index contributed by atoms with van der Waals surface area (Å²) in [5.74, 6) is -0.224. The first-order valence-electron chi connectivity index (χ1n) is 5.74. The second kappa shape index (κ2) is 6.63. The van der Waals surface area contributed by atoms with E-state index in [1.165, 1.54) is 19.1 Å². The summed E-state index contributed by atoms with van der Waals surface area (Å²) in [5.41, 5.74) is 0.378. The van der Waals surface area contributed by atoms with Gasteiger partial charge in [0, 0.05) is 12.1 Å². The molecular weight excluding hydrogens is 250 g/mol. The maximum atomic E-state index is 11.4. The highest BCUT2D eigenvalue weighted by Gasteiger charge is 2.29. The highest BCUT2D eigenvalue weighted by molar-refractivity contribution is 5.79. The minimum Gasteiger partial charge on any atom is -0.497 e. The minimum absolute atomic E-state index is 0.279. The first-order valence-corrected chi connectivity index (χ1v) is 5.74.